The van der Waals surface area contributed by atoms with Gasteiger partial charge in [0.05, 0.1) is 18.8 Å². The van der Waals surface area contributed by atoms with E-state index in [4.69, 9.17) is 14.2 Å². The second-order valence-electron chi connectivity index (χ2n) is 10.5. The number of ether oxygens (including phenoxy) is 3. The molecule has 200 valence electrons. The number of unbranched alkanes of at least 4 members (excludes halogenated alkanes) is 3. The molecule has 5 nitrogen and oxygen atoms in total. The zero-order valence-corrected chi connectivity index (χ0v) is 22.6. The van der Waals surface area contributed by atoms with Gasteiger partial charge in [0.25, 0.3) is 0 Å². The number of esters is 2. The molecular formula is C32H42O5. The van der Waals surface area contributed by atoms with Gasteiger partial charge >= 0.3 is 11.9 Å². The van der Waals surface area contributed by atoms with E-state index in [9.17, 15) is 9.59 Å². The Kier molecular flexibility index (Phi) is 11.2. The minimum absolute atomic E-state index is 0.00509. The molecular weight excluding hydrogens is 464 g/mol. The molecule has 3 unspecified atom stereocenters. The normalized spacial score (nSPS) is 19.3. The second-order valence-corrected chi connectivity index (χ2v) is 10.5. The molecule has 0 spiro atoms. The van der Waals surface area contributed by atoms with Crippen molar-refractivity contribution in [1.82, 2.24) is 0 Å². The Morgan fingerprint density at radius 3 is 2.16 bits per heavy atom. The van der Waals surface area contributed by atoms with Crippen LogP contribution in [-0.4, -0.2) is 31.3 Å². The van der Waals surface area contributed by atoms with Crippen LogP contribution in [-0.2, 0) is 14.3 Å². The third-order valence-corrected chi connectivity index (χ3v) is 7.25. The van der Waals surface area contributed by atoms with Crippen molar-refractivity contribution in [3.8, 4) is 16.9 Å². The molecule has 0 amide bonds. The first kappa shape index (κ1) is 28.5. The minimum atomic E-state index is -0.366. The maximum atomic E-state index is 12.9. The van der Waals surface area contributed by atoms with Crippen LogP contribution >= 0.6 is 0 Å². The SMILES string of the molecule is C=CC(=O)OCCCCCCOc1ccc(-c2ccc(C(=O)OC3CC(C)CCC3C(C)C)cc2)cc1. The minimum Gasteiger partial charge on any atom is -0.494 e. The Hall–Kier alpha value is -3.08. The Labute approximate surface area is 222 Å². The molecule has 1 aliphatic rings. The number of benzene rings is 2. The van der Waals surface area contributed by atoms with E-state index in [-0.39, 0.29) is 18.0 Å². The summed E-state index contributed by atoms with van der Waals surface area (Å²) in [5.41, 5.74) is 2.72. The van der Waals surface area contributed by atoms with Gasteiger partial charge in [-0.25, -0.2) is 9.59 Å². The maximum Gasteiger partial charge on any atom is 0.338 e. The molecule has 2 aromatic carbocycles. The molecule has 0 aromatic heterocycles. The van der Waals surface area contributed by atoms with Crippen LogP contribution in [0.4, 0.5) is 0 Å². The van der Waals surface area contributed by atoms with Crippen LogP contribution in [0.5, 0.6) is 5.75 Å². The molecule has 1 saturated carbocycles. The van der Waals surface area contributed by atoms with Crippen LogP contribution in [0.1, 0.15) is 76.1 Å². The molecule has 0 saturated heterocycles. The highest BCUT2D eigenvalue weighted by atomic mass is 16.5. The van der Waals surface area contributed by atoms with Gasteiger partial charge in [0.1, 0.15) is 11.9 Å². The Morgan fingerprint density at radius 1 is 0.919 bits per heavy atom. The monoisotopic (exact) mass is 506 g/mol. The Bertz CT molecular complexity index is 993. The fourth-order valence-corrected chi connectivity index (χ4v) is 4.98. The molecule has 1 aliphatic carbocycles. The van der Waals surface area contributed by atoms with Crippen LogP contribution in [0.15, 0.2) is 61.2 Å². The van der Waals surface area contributed by atoms with E-state index < -0.39 is 0 Å². The lowest BCUT2D eigenvalue weighted by Gasteiger charge is -2.36. The lowest BCUT2D eigenvalue weighted by Crippen LogP contribution is -2.35. The summed E-state index contributed by atoms with van der Waals surface area (Å²) >= 11 is 0. The molecule has 5 heteroatoms. The number of hydrogen-bond acceptors (Lipinski definition) is 5. The first-order valence-corrected chi connectivity index (χ1v) is 13.7. The quantitative estimate of drug-likeness (QED) is 0.159. The molecule has 3 rings (SSSR count). The predicted molar refractivity (Wildman–Crippen MR) is 148 cm³/mol. The van der Waals surface area contributed by atoms with Crippen LogP contribution in [0, 0.1) is 17.8 Å². The Morgan fingerprint density at radius 2 is 1.54 bits per heavy atom. The molecule has 1 fully saturated rings. The largest absolute Gasteiger partial charge is 0.494 e. The standard InChI is InChI=1S/C32H42O5/c1-5-31(33)36-21-9-7-6-8-20-35-28-17-15-26(16-18-28)25-11-13-27(14-12-25)32(34)37-30-22-24(4)10-19-29(30)23(2)3/h5,11-18,23-24,29-30H,1,6-10,19-22H2,2-4H3. The van der Waals surface area contributed by atoms with Crippen LogP contribution < -0.4 is 4.74 Å². The molecule has 0 N–H and O–H groups in total. The average molecular weight is 507 g/mol. The van der Waals surface area contributed by atoms with Gasteiger partial charge < -0.3 is 14.2 Å². The first-order valence-electron chi connectivity index (χ1n) is 13.7. The number of rotatable bonds is 13. The fourth-order valence-electron chi connectivity index (χ4n) is 4.98. The van der Waals surface area contributed by atoms with Crippen molar-refractivity contribution < 1.29 is 23.8 Å². The number of carbonyl (C=O) groups is 2. The van der Waals surface area contributed by atoms with Gasteiger partial charge in [0, 0.05) is 6.08 Å². The molecule has 37 heavy (non-hydrogen) atoms. The van der Waals surface area contributed by atoms with E-state index >= 15 is 0 Å². The van der Waals surface area contributed by atoms with Gasteiger partial charge in [-0.3, -0.25) is 0 Å². The van der Waals surface area contributed by atoms with E-state index in [0.29, 0.717) is 36.5 Å². The van der Waals surface area contributed by atoms with E-state index in [1.165, 1.54) is 12.5 Å². The lowest BCUT2D eigenvalue weighted by molar-refractivity contribution is -0.137. The van der Waals surface area contributed by atoms with E-state index in [1.807, 2.05) is 48.5 Å². The number of hydrogen-bond donors (Lipinski definition) is 0. The predicted octanol–water partition coefficient (Wildman–Crippen LogP) is 7.64. The maximum absolute atomic E-state index is 12.9. The highest BCUT2D eigenvalue weighted by Gasteiger charge is 2.33. The van der Waals surface area contributed by atoms with Gasteiger partial charge in [-0.1, -0.05) is 58.0 Å². The summed E-state index contributed by atoms with van der Waals surface area (Å²) in [5.74, 6) is 1.80. The smallest absolute Gasteiger partial charge is 0.338 e. The highest BCUT2D eigenvalue weighted by molar-refractivity contribution is 5.90. The van der Waals surface area contributed by atoms with Gasteiger partial charge in [-0.05, 0) is 91.7 Å². The van der Waals surface area contributed by atoms with Gasteiger partial charge in [-0.15, -0.1) is 0 Å². The van der Waals surface area contributed by atoms with E-state index in [2.05, 4.69) is 27.4 Å². The summed E-state index contributed by atoms with van der Waals surface area (Å²) < 4.78 is 16.8. The van der Waals surface area contributed by atoms with Crippen molar-refractivity contribution in [3.05, 3.63) is 66.7 Å². The molecule has 0 aliphatic heterocycles. The summed E-state index contributed by atoms with van der Waals surface area (Å²) in [5, 5.41) is 0. The van der Waals surface area contributed by atoms with Gasteiger partial charge in [-0.2, -0.15) is 0 Å². The summed E-state index contributed by atoms with van der Waals surface area (Å²) in [6.45, 7) is 11.2. The second kappa shape index (κ2) is 14.6. The lowest BCUT2D eigenvalue weighted by atomic mass is 9.75. The third kappa shape index (κ3) is 9.07. The summed E-state index contributed by atoms with van der Waals surface area (Å²) in [4.78, 5) is 23.8. The highest BCUT2D eigenvalue weighted by Crippen LogP contribution is 2.35. The Balaban J connectivity index is 1.43. The van der Waals surface area contributed by atoms with Crippen LogP contribution in [0.3, 0.4) is 0 Å². The van der Waals surface area contributed by atoms with Crippen molar-refractivity contribution in [2.24, 2.45) is 17.8 Å². The van der Waals surface area contributed by atoms with Crippen LogP contribution in [0.25, 0.3) is 11.1 Å². The summed E-state index contributed by atoms with van der Waals surface area (Å²) in [7, 11) is 0. The molecule has 0 radical (unpaired) electrons. The zero-order valence-electron chi connectivity index (χ0n) is 22.6. The van der Waals surface area contributed by atoms with Crippen molar-refractivity contribution in [2.75, 3.05) is 13.2 Å². The molecule has 3 atom stereocenters. The summed E-state index contributed by atoms with van der Waals surface area (Å²) in [6, 6.07) is 15.7. The number of carbonyl (C=O) groups excluding carboxylic acids is 2. The van der Waals surface area contributed by atoms with Crippen molar-refractivity contribution >= 4 is 11.9 Å². The van der Waals surface area contributed by atoms with Crippen LogP contribution in [0.2, 0.25) is 0 Å². The van der Waals surface area contributed by atoms with Crippen molar-refractivity contribution in [1.29, 1.82) is 0 Å². The zero-order chi connectivity index (χ0) is 26.6. The molecule has 0 bridgehead atoms. The van der Waals surface area contributed by atoms with E-state index in [0.717, 1.165) is 55.4 Å². The summed E-state index contributed by atoms with van der Waals surface area (Å²) in [6.07, 6.45) is 8.31. The topological polar surface area (TPSA) is 61.8 Å². The fraction of sp³-hybridized carbons (Fsp3) is 0.500. The first-order chi connectivity index (χ1) is 17.9. The molecule has 2 aromatic rings. The average Bonchev–Trinajstić information content (AvgIpc) is 2.90. The van der Waals surface area contributed by atoms with Crippen molar-refractivity contribution in [3.63, 3.8) is 0 Å². The molecule has 0 heterocycles. The van der Waals surface area contributed by atoms with Crippen molar-refractivity contribution in [2.45, 2.75) is 71.8 Å². The third-order valence-electron chi connectivity index (χ3n) is 7.25. The van der Waals surface area contributed by atoms with E-state index in [1.54, 1.807) is 0 Å². The van der Waals surface area contributed by atoms with Gasteiger partial charge in [0.15, 0.2) is 0 Å². The van der Waals surface area contributed by atoms with Gasteiger partial charge in [0.2, 0.25) is 0 Å².